The Balaban J connectivity index is 2.89. The first-order chi connectivity index (χ1) is 7.70. The molecule has 1 rings (SSSR count). The molecule has 2 N–H and O–H groups in total. The summed E-state index contributed by atoms with van der Waals surface area (Å²) < 4.78 is 10.1. The highest BCUT2D eigenvalue weighted by Gasteiger charge is 2.16. The highest BCUT2D eigenvalue weighted by atomic mass is 32.2. The predicted octanol–water partition coefficient (Wildman–Crippen LogP) is 1.80. The topological polar surface area (TPSA) is 61.5 Å². The van der Waals surface area contributed by atoms with Crippen LogP contribution >= 0.6 is 11.8 Å². The molecule has 1 aromatic carbocycles. The molecule has 0 heterocycles. The lowest BCUT2D eigenvalue weighted by Gasteiger charge is -2.11. The number of anilines is 1. The maximum absolute atomic E-state index is 11.5. The van der Waals surface area contributed by atoms with Crippen LogP contribution in [0.2, 0.25) is 0 Å². The molecule has 16 heavy (non-hydrogen) atoms. The van der Waals surface area contributed by atoms with Gasteiger partial charge in [0.2, 0.25) is 0 Å². The molecule has 0 spiro atoms. The molecule has 4 nitrogen and oxygen atoms in total. The summed E-state index contributed by atoms with van der Waals surface area (Å²) >= 11 is 1.67. The average molecular weight is 241 g/mol. The quantitative estimate of drug-likeness (QED) is 0.484. The third kappa shape index (κ3) is 3.06. The van der Waals surface area contributed by atoms with Crippen LogP contribution in [0.25, 0.3) is 0 Å². The van der Waals surface area contributed by atoms with Crippen molar-refractivity contribution < 1.29 is 14.3 Å². The van der Waals surface area contributed by atoms with Gasteiger partial charge >= 0.3 is 5.97 Å². The van der Waals surface area contributed by atoms with E-state index in [1.54, 1.807) is 30.0 Å². The van der Waals surface area contributed by atoms with Crippen LogP contribution in [0.3, 0.4) is 0 Å². The second-order valence-corrected chi connectivity index (χ2v) is 4.04. The minimum Gasteiger partial charge on any atom is -0.492 e. The van der Waals surface area contributed by atoms with Crippen molar-refractivity contribution >= 4 is 23.4 Å². The van der Waals surface area contributed by atoms with E-state index in [0.29, 0.717) is 23.6 Å². The lowest BCUT2D eigenvalue weighted by atomic mass is 10.1. The van der Waals surface area contributed by atoms with Gasteiger partial charge in [0, 0.05) is 11.4 Å². The van der Waals surface area contributed by atoms with Gasteiger partial charge in [0.15, 0.2) is 0 Å². The van der Waals surface area contributed by atoms with Crippen LogP contribution in [0.15, 0.2) is 18.2 Å². The monoisotopic (exact) mass is 241 g/mol. The summed E-state index contributed by atoms with van der Waals surface area (Å²) in [6, 6.07) is 5.10. The van der Waals surface area contributed by atoms with Crippen molar-refractivity contribution in [1.82, 2.24) is 0 Å². The molecule has 0 saturated heterocycles. The van der Waals surface area contributed by atoms with Crippen molar-refractivity contribution in [1.29, 1.82) is 0 Å². The van der Waals surface area contributed by atoms with E-state index in [1.807, 2.05) is 6.26 Å². The molecule has 0 radical (unpaired) electrons. The molecule has 0 saturated carbocycles. The average Bonchev–Trinajstić information content (AvgIpc) is 2.29. The number of thioether (sulfide) groups is 1. The molecule has 88 valence electrons. The number of nitrogens with two attached hydrogens (primary N) is 1. The Labute approximate surface area is 99.1 Å². The molecule has 0 aliphatic rings. The van der Waals surface area contributed by atoms with Crippen molar-refractivity contribution in [3.8, 4) is 5.75 Å². The fourth-order valence-electron chi connectivity index (χ4n) is 1.22. The SMILES string of the molecule is COC(=O)c1c(N)cccc1OCCSC. The van der Waals surface area contributed by atoms with E-state index in [1.165, 1.54) is 7.11 Å². The number of benzene rings is 1. The molecule has 0 unspecified atom stereocenters. The summed E-state index contributed by atoms with van der Waals surface area (Å²) in [6.45, 7) is 0.536. The Morgan fingerprint density at radius 2 is 2.25 bits per heavy atom. The predicted molar refractivity (Wildman–Crippen MR) is 66.1 cm³/mol. The third-order valence-electron chi connectivity index (χ3n) is 1.99. The maximum Gasteiger partial charge on any atom is 0.343 e. The molecule has 1 aromatic rings. The number of rotatable bonds is 5. The summed E-state index contributed by atoms with van der Waals surface area (Å²) in [6.07, 6.45) is 1.99. The van der Waals surface area contributed by atoms with Crippen molar-refractivity contribution in [3.63, 3.8) is 0 Å². The molecule has 0 aliphatic heterocycles. The van der Waals surface area contributed by atoms with Crippen LogP contribution in [0, 0.1) is 0 Å². The Kier molecular flexibility index (Phi) is 4.98. The number of carbonyl (C=O) groups excluding carboxylic acids is 1. The first-order valence-corrected chi connectivity index (χ1v) is 6.18. The summed E-state index contributed by atoms with van der Waals surface area (Å²) in [5, 5.41) is 0. The fraction of sp³-hybridized carbons (Fsp3) is 0.364. The molecule has 0 fully saturated rings. The number of esters is 1. The highest BCUT2D eigenvalue weighted by Crippen LogP contribution is 2.25. The second kappa shape index (κ2) is 6.27. The maximum atomic E-state index is 11.5. The summed E-state index contributed by atoms with van der Waals surface area (Å²) in [5.41, 5.74) is 6.38. The van der Waals surface area contributed by atoms with Crippen LogP contribution in [-0.2, 0) is 4.74 Å². The van der Waals surface area contributed by atoms with Gasteiger partial charge in [0.05, 0.1) is 13.7 Å². The van der Waals surface area contributed by atoms with Crippen molar-refractivity contribution in [2.24, 2.45) is 0 Å². The number of hydrogen-bond acceptors (Lipinski definition) is 5. The van der Waals surface area contributed by atoms with Crippen LogP contribution in [0.5, 0.6) is 5.75 Å². The van der Waals surface area contributed by atoms with E-state index in [2.05, 4.69) is 4.74 Å². The van der Waals surface area contributed by atoms with Gasteiger partial charge in [-0.2, -0.15) is 11.8 Å². The minimum absolute atomic E-state index is 0.297. The van der Waals surface area contributed by atoms with Crippen LogP contribution in [0.4, 0.5) is 5.69 Å². The molecular formula is C11H15NO3S. The number of carbonyl (C=O) groups is 1. The van der Waals surface area contributed by atoms with Gasteiger partial charge in [0.25, 0.3) is 0 Å². The molecule has 0 amide bonds. The fourth-order valence-corrected chi connectivity index (χ4v) is 1.47. The number of ether oxygens (including phenoxy) is 2. The van der Waals surface area contributed by atoms with Gasteiger partial charge < -0.3 is 15.2 Å². The summed E-state index contributed by atoms with van der Waals surface area (Å²) in [7, 11) is 1.32. The van der Waals surface area contributed by atoms with E-state index in [9.17, 15) is 4.79 Å². The standard InChI is InChI=1S/C11H15NO3S/c1-14-11(13)10-8(12)4-3-5-9(10)15-6-7-16-2/h3-5H,6-7,12H2,1-2H3. The Hall–Kier alpha value is -1.36. The number of methoxy groups -OCH3 is 1. The Morgan fingerprint density at radius 3 is 2.88 bits per heavy atom. The van der Waals surface area contributed by atoms with Gasteiger partial charge in [-0.25, -0.2) is 4.79 Å². The normalized spacial score (nSPS) is 9.88. The number of hydrogen-bond donors (Lipinski definition) is 1. The molecule has 0 bridgehead atoms. The van der Waals surface area contributed by atoms with E-state index < -0.39 is 5.97 Å². The van der Waals surface area contributed by atoms with E-state index in [0.717, 1.165) is 5.75 Å². The number of nitrogen functional groups attached to an aromatic ring is 1. The van der Waals surface area contributed by atoms with E-state index in [4.69, 9.17) is 10.5 Å². The summed E-state index contributed by atoms with van der Waals surface area (Å²) in [4.78, 5) is 11.5. The first kappa shape index (κ1) is 12.7. The van der Waals surface area contributed by atoms with Crippen LogP contribution < -0.4 is 10.5 Å². The van der Waals surface area contributed by atoms with Gasteiger partial charge in [-0.3, -0.25) is 0 Å². The van der Waals surface area contributed by atoms with Crippen molar-refractivity contribution in [2.75, 3.05) is 31.5 Å². The van der Waals surface area contributed by atoms with E-state index in [-0.39, 0.29) is 0 Å². The lowest BCUT2D eigenvalue weighted by molar-refractivity contribution is 0.0597. The van der Waals surface area contributed by atoms with Gasteiger partial charge in [-0.05, 0) is 18.4 Å². The molecule has 0 atom stereocenters. The molecule has 0 aliphatic carbocycles. The minimum atomic E-state index is -0.475. The lowest BCUT2D eigenvalue weighted by Crippen LogP contribution is -2.10. The van der Waals surface area contributed by atoms with Gasteiger partial charge in [-0.1, -0.05) is 6.07 Å². The first-order valence-electron chi connectivity index (χ1n) is 4.79. The molecule has 0 aromatic heterocycles. The Morgan fingerprint density at radius 1 is 1.50 bits per heavy atom. The van der Waals surface area contributed by atoms with Crippen LogP contribution in [0.1, 0.15) is 10.4 Å². The highest BCUT2D eigenvalue weighted by molar-refractivity contribution is 7.98. The van der Waals surface area contributed by atoms with Crippen LogP contribution in [-0.4, -0.2) is 31.7 Å². The Bertz CT molecular complexity index is 368. The third-order valence-corrected chi connectivity index (χ3v) is 2.57. The zero-order valence-corrected chi connectivity index (χ0v) is 10.2. The summed E-state index contributed by atoms with van der Waals surface area (Å²) in [5.74, 6) is 0.855. The molecular weight excluding hydrogens is 226 g/mol. The molecule has 5 heteroatoms. The van der Waals surface area contributed by atoms with Crippen molar-refractivity contribution in [3.05, 3.63) is 23.8 Å². The zero-order chi connectivity index (χ0) is 12.0. The van der Waals surface area contributed by atoms with Gasteiger partial charge in [-0.15, -0.1) is 0 Å². The zero-order valence-electron chi connectivity index (χ0n) is 9.36. The van der Waals surface area contributed by atoms with E-state index >= 15 is 0 Å². The second-order valence-electron chi connectivity index (χ2n) is 3.05. The van der Waals surface area contributed by atoms with Crippen molar-refractivity contribution in [2.45, 2.75) is 0 Å². The smallest absolute Gasteiger partial charge is 0.343 e. The van der Waals surface area contributed by atoms with Gasteiger partial charge in [0.1, 0.15) is 11.3 Å². The largest absolute Gasteiger partial charge is 0.492 e.